The number of benzene rings is 3. The zero-order valence-corrected chi connectivity index (χ0v) is 19.1. The SMILES string of the molecule is COc1ccc(NC(=O)C2CCN(C(=O)c3ccc(OC)c4ccccc34)CC2)cc1OC. The Labute approximate surface area is 193 Å². The Morgan fingerprint density at radius 1 is 0.818 bits per heavy atom. The summed E-state index contributed by atoms with van der Waals surface area (Å²) in [5, 5.41) is 4.74. The number of carbonyl (C=O) groups is 2. The topological polar surface area (TPSA) is 77.1 Å². The smallest absolute Gasteiger partial charge is 0.254 e. The number of ether oxygens (including phenoxy) is 3. The number of hydrogen-bond donors (Lipinski definition) is 1. The summed E-state index contributed by atoms with van der Waals surface area (Å²) in [4.78, 5) is 27.9. The highest BCUT2D eigenvalue weighted by Crippen LogP contribution is 2.32. The summed E-state index contributed by atoms with van der Waals surface area (Å²) < 4.78 is 16.0. The van der Waals surface area contributed by atoms with Gasteiger partial charge in [0, 0.05) is 41.7 Å². The average Bonchev–Trinajstić information content (AvgIpc) is 2.87. The summed E-state index contributed by atoms with van der Waals surface area (Å²) >= 11 is 0. The molecule has 0 saturated carbocycles. The van der Waals surface area contributed by atoms with E-state index in [1.807, 2.05) is 41.3 Å². The van der Waals surface area contributed by atoms with Gasteiger partial charge in [0.1, 0.15) is 5.75 Å². The van der Waals surface area contributed by atoms with Crippen LogP contribution in [0.5, 0.6) is 17.2 Å². The lowest BCUT2D eigenvalue weighted by Gasteiger charge is -2.31. The average molecular weight is 449 g/mol. The number of nitrogens with one attached hydrogen (secondary N) is 1. The molecule has 1 aliphatic rings. The fourth-order valence-corrected chi connectivity index (χ4v) is 4.31. The molecule has 0 unspecified atom stereocenters. The molecule has 1 saturated heterocycles. The second kappa shape index (κ2) is 9.81. The van der Waals surface area contributed by atoms with Gasteiger partial charge < -0.3 is 24.4 Å². The highest BCUT2D eigenvalue weighted by Gasteiger charge is 2.29. The number of likely N-dealkylation sites (tertiary alicyclic amines) is 1. The molecule has 3 aromatic carbocycles. The first-order chi connectivity index (χ1) is 16.0. The Kier molecular flexibility index (Phi) is 6.68. The lowest BCUT2D eigenvalue weighted by molar-refractivity contribution is -0.121. The van der Waals surface area contributed by atoms with E-state index in [1.165, 1.54) is 0 Å². The van der Waals surface area contributed by atoms with Gasteiger partial charge in [0.25, 0.3) is 5.91 Å². The summed E-state index contributed by atoms with van der Waals surface area (Å²) in [6.07, 6.45) is 1.22. The molecule has 172 valence electrons. The Balaban J connectivity index is 1.41. The summed E-state index contributed by atoms with van der Waals surface area (Å²) in [5.41, 5.74) is 1.31. The highest BCUT2D eigenvalue weighted by molar-refractivity contribution is 6.08. The van der Waals surface area contributed by atoms with Crippen LogP contribution >= 0.6 is 0 Å². The van der Waals surface area contributed by atoms with E-state index in [1.54, 1.807) is 39.5 Å². The van der Waals surface area contributed by atoms with Gasteiger partial charge in [-0.2, -0.15) is 0 Å². The molecule has 3 aromatic rings. The fraction of sp³-hybridized carbons (Fsp3) is 0.308. The van der Waals surface area contributed by atoms with Crippen molar-refractivity contribution >= 4 is 28.3 Å². The first kappa shape index (κ1) is 22.5. The number of anilines is 1. The number of piperidine rings is 1. The van der Waals surface area contributed by atoms with Crippen LogP contribution in [-0.4, -0.2) is 51.1 Å². The minimum atomic E-state index is -0.158. The van der Waals surface area contributed by atoms with Gasteiger partial charge in [-0.3, -0.25) is 9.59 Å². The summed E-state index contributed by atoms with van der Waals surface area (Å²) in [6.45, 7) is 1.06. The van der Waals surface area contributed by atoms with Crippen LogP contribution in [0.15, 0.2) is 54.6 Å². The normalized spacial score (nSPS) is 14.1. The van der Waals surface area contributed by atoms with Crippen LogP contribution in [0.1, 0.15) is 23.2 Å². The second-order valence-corrected chi connectivity index (χ2v) is 7.99. The molecule has 0 bridgehead atoms. The number of amides is 2. The van der Waals surface area contributed by atoms with E-state index >= 15 is 0 Å². The number of fused-ring (bicyclic) bond motifs is 1. The lowest BCUT2D eigenvalue weighted by Crippen LogP contribution is -2.41. The Bertz CT molecular complexity index is 1170. The summed E-state index contributed by atoms with van der Waals surface area (Å²) in [6, 6.07) is 16.7. The molecule has 1 aliphatic heterocycles. The molecule has 0 aliphatic carbocycles. The molecule has 7 heteroatoms. The summed E-state index contributed by atoms with van der Waals surface area (Å²) in [7, 11) is 4.75. The molecule has 1 heterocycles. The number of methoxy groups -OCH3 is 3. The number of carbonyl (C=O) groups excluding carboxylic acids is 2. The third-order valence-electron chi connectivity index (χ3n) is 6.14. The van der Waals surface area contributed by atoms with E-state index < -0.39 is 0 Å². The third-order valence-corrected chi connectivity index (χ3v) is 6.14. The molecule has 0 aromatic heterocycles. The van der Waals surface area contributed by atoms with Crippen LogP contribution in [0.25, 0.3) is 10.8 Å². The van der Waals surface area contributed by atoms with Crippen molar-refractivity contribution in [3.05, 3.63) is 60.2 Å². The van der Waals surface area contributed by atoms with E-state index in [2.05, 4.69) is 5.32 Å². The first-order valence-corrected chi connectivity index (χ1v) is 10.9. The molecule has 1 N–H and O–H groups in total. The van der Waals surface area contributed by atoms with Crippen LogP contribution < -0.4 is 19.5 Å². The first-order valence-electron chi connectivity index (χ1n) is 10.9. The van der Waals surface area contributed by atoms with Gasteiger partial charge in [-0.05, 0) is 42.5 Å². The van der Waals surface area contributed by atoms with Crippen molar-refractivity contribution in [2.75, 3.05) is 39.7 Å². The quantitative estimate of drug-likeness (QED) is 0.607. The predicted molar refractivity (Wildman–Crippen MR) is 127 cm³/mol. The van der Waals surface area contributed by atoms with Crippen LogP contribution in [0.2, 0.25) is 0 Å². The molecule has 33 heavy (non-hydrogen) atoms. The van der Waals surface area contributed by atoms with Gasteiger partial charge in [0.05, 0.1) is 21.3 Å². The van der Waals surface area contributed by atoms with E-state index in [-0.39, 0.29) is 17.7 Å². The van der Waals surface area contributed by atoms with Crippen molar-refractivity contribution in [1.29, 1.82) is 0 Å². The number of rotatable bonds is 6. The molecule has 7 nitrogen and oxygen atoms in total. The van der Waals surface area contributed by atoms with Crippen LogP contribution in [-0.2, 0) is 4.79 Å². The fourth-order valence-electron chi connectivity index (χ4n) is 4.31. The van der Waals surface area contributed by atoms with Crippen molar-refractivity contribution in [2.45, 2.75) is 12.8 Å². The van der Waals surface area contributed by atoms with Crippen molar-refractivity contribution in [3.63, 3.8) is 0 Å². The highest BCUT2D eigenvalue weighted by atomic mass is 16.5. The van der Waals surface area contributed by atoms with E-state index in [0.29, 0.717) is 48.7 Å². The maximum atomic E-state index is 13.3. The molecule has 2 amide bonds. The monoisotopic (exact) mass is 448 g/mol. The van der Waals surface area contributed by atoms with Gasteiger partial charge in [-0.1, -0.05) is 24.3 Å². The maximum Gasteiger partial charge on any atom is 0.254 e. The molecule has 1 fully saturated rings. The Hall–Kier alpha value is -3.74. The summed E-state index contributed by atoms with van der Waals surface area (Å²) in [5.74, 6) is 1.68. The zero-order chi connectivity index (χ0) is 23.4. The van der Waals surface area contributed by atoms with Gasteiger partial charge in [0.15, 0.2) is 11.5 Å². The third kappa shape index (κ3) is 4.58. The van der Waals surface area contributed by atoms with Crippen molar-refractivity contribution in [2.24, 2.45) is 5.92 Å². The molecular weight excluding hydrogens is 420 g/mol. The Morgan fingerprint density at radius 3 is 2.12 bits per heavy atom. The predicted octanol–water partition coefficient (Wildman–Crippen LogP) is 4.36. The number of hydrogen-bond acceptors (Lipinski definition) is 5. The van der Waals surface area contributed by atoms with Gasteiger partial charge in [-0.15, -0.1) is 0 Å². The van der Waals surface area contributed by atoms with E-state index in [9.17, 15) is 9.59 Å². The molecule has 0 radical (unpaired) electrons. The van der Waals surface area contributed by atoms with E-state index in [4.69, 9.17) is 14.2 Å². The minimum absolute atomic E-state index is 0.0207. The standard InChI is InChI=1S/C26H28N2O5/c1-31-22-11-9-21(19-6-4-5-7-20(19)22)26(30)28-14-12-17(13-15-28)25(29)27-18-8-10-23(32-2)24(16-18)33-3/h4-11,16-17H,12-15H2,1-3H3,(H,27,29). The lowest BCUT2D eigenvalue weighted by atomic mass is 9.94. The molecule has 0 atom stereocenters. The zero-order valence-electron chi connectivity index (χ0n) is 19.1. The van der Waals surface area contributed by atoms with Crippen LogP contribution in [0.3, 0.4) is 0 Å². The minimum Gasteiger partial charge on any atom is -0.496 e. The van der Waals surface area contributed by atoms with Gasteiger partial charge in [0.2, 0.25) is 5.91 Å². The van der Waals surface area contributed by atoms with Crippen molar-refractivity contribution in [3.8, 4) is 17.2 Å². The molecule has 4 rings (SSSR count). The van der Waals surface area contributed by atoms with Gasteiger partial charge >= 0.3 is 0 Å². The van der Waals surface area contributed by atoms with Gasteiger partial charge in [-0.25, -0.2) is 0 Å². The van der Waals surface area contributed by atoms with Crippen molar-refractivity contribution in [1.82, 2.24) is 4.90 Å². The largest absolute Gasteiger partial charge is 0.496 e. The van der Waals surface area contributed by atoms with Crippen molar-refractivity contribution < 1.29 is 23.8 Å². The Morgan fingerprint density at radius 2 is 1.45 bits per heavy atom. The van der Waals surface area contributed by atoms with Crippen LogP contribution in [0, 0.1) is 5.92 Å². The maximum absolute atomic E-state index is 13.3. The van der Waals surface area contributed by atoms with Crippen LogP contribution in [0.4, 0.5) is 5.69 Å². The van der Waals surface area contributed by atoms with E-state index in [0.717, 1.165) is 16.5 Å². The second-order valence-electron chi connectivity index (χ2n) is 7.99. The molecular formula is C26H28N2O5. The molecule has 0 spiro atoms. The number of nitrogens with zero attached hydrogens (tertiary/aromatic N) is 1.